The normalized spacial score (nSPS) is 14.8. The summed E-state index contributed by atoms with van der Waals surface area (Å²) in [5.74, 6) is -0.438. The van der Waals surface area contributed by atoms with Gasteiger partial charge in [-0.05, 0) is 41.6 Å². The molecule has 0 unspecified atom stereocenters. The topological polar surface area (TPSA) is 111 Å². The largest absolute Gasteiger partial charge is 0.493 e. The lowest BCUT2D eigenvalue weighted by Gasteiger charge is -2.27. The van der Waals surface area contributed by atoms with E-state index in [1.165, 1.54) is 36.3 Å². The summed E-state index contributed by atoms with van der Waals surface area (Å²) in [4.78, 5) is 36.8. The van der Waals surface area contributed by atoms with Crippen molar-refractivity contribution in [1.82, 2.24) is 10.2 Å². The van der Waals surface area contributed by atoms with Crippen molar-refractivity contribution in [2.45, 2.75) is 6.61 Å². The van der Waals surface area contributed by atoms with E-state index in [0.717, 1.165) is 0 Å². The lowest BCUT2D eigenvalue weighted by Crippen LogP contribution is -2.53. The van der Waals surface area contributed by atoms with E-state index in [4.69, 9.17) is 21.7 Å². The predicted molar refractivity (Wildman–Crippen MR) is 129 cm³/mol. The molecule has 0 spiro atoms. The van der Waals surface area contributed by atoms with Crippen LogP contribution in [0.2, 0.25) is 0 Å². The van der Waals surface area contributed by atoms with Crippen molar-refractivity contribution < 1.29 is 24.0 Å². The number of nitrogens with one attached hydrogen (secondary N) is 1. The lowest BCUT2D eigenvalue weighted by atomic mass is 10.1. The number of benzene rings is 2. The van der Waals surface area contributed by atoms with Crippen LogP contribution in [-0.4, -0.2) is 40.4 Å². The molecule has 0 bridgehead atoms. The number of hydrogen-bond acceptors (Lipinski definition) is 7. The zero-order chi connectivity index (χ0) is 24.1. The minimum Gasteiger partial charge on any atom is -0.493 e. The molecule has 3 rings (SSSR count). The van der Waals surface area contributed by atoms with E-state index in [1.807, 2.05) is 0 Å². The molecule has 11 heteroatoms. The molecule has 0 saturated carbocycles. The van der Waals surface area contributed by atoms with E-state index in [1.54, 1.807) is 24.3 Å². The Morgan fingerprint density at radius 1 is 1.27 bits per heavy atom. The molecule has 33 heavy (non-hydrogen) atoms. The first-order valence-corrected chi connectivity index (χ1v) is 10.7. The van der Waals surface area contributed by atoms with Gasteiger partial charge in [0.15, 0.2) is 16.6 Å². The Labute approximate surface area is 202 Å². The third kappa shape index (κ3) is 5.44. The van der Waals surface area contributed by atoms with Crippen molar-refractivity contribution in [2.75, 3.05) is 13.7 Å². The Kier molecular flexibility index (Phi) is 7.56. The molecular weight excluding hydrogens is 514 g/mol. The van der Waals surface area contributed by atoms with Gasteiger partial charge in [0.25, 0.3) is 17.5 Å². The van der Waals surface area contributed by atoms with Gasteiger partial charge in [-0.2, -0.15) is 0 Å². The molecule has 1 aliphatic heterocycles. The fourth-order valence-electron chi connectivity index (χ4n) is 3.00. The fraction of sp³-hybridized carbons (Fsp3) is 0.136. The van der Waals surface area contributed by atoms with Crippen LogP contribution >= 0.6 is 28.1 Å². The number of non-ortho nitro benzene ring substituents is 1. The Morgan fingerprint density at radius 2 is 2.03 bits per heavy atom. The van der Waals surface area contributed by atoms with Crippen molar-refractivity contribution in [1.29, 1.82) is 0 Å². The van der Waals surface area contributed by atoms with Crippen molar-refractivity contribution in [3.63, 3.8) is 0 Å². The summed E-state index contributed by atoms with van der Waals surface area (Å²) in [6.07, 6.45) is 2.93. The summed E-state index contributed by atoms with van der Waals surface area (Å²) in [5, 5.41) is 13.5. The SMILES string of the molecule is C=CCN1C(=O)/C(=C/c2cc(OC)c(OCc3cccc([N+](=O)[O-])c3)cc2Br)C(=O)NC1=S. The van der Waals surface area contributed by atoms with Crippen molar-refractivity contribution in [2.24, 2.45) is 0 Å². The summed E-state index contributed by atoms with van der Waals surface area (Å²) >= 11 is 8.48. The molecular formula is C22H18BrN3O6S. The Bertz CT molecular complexity index is 1200. The summed E-state index contributed by atoms with van der Waals surface area (Å²) in [5.41, 5.74) is 0.973. The van der Waals surface area contributed by atoms with Crippen LogP contribution in [0, 0.1) is 10.1 Å². The van der Waals surface area contributed by atoms with Gasteiger partial charge in [-0.15, -0.1) is 6.58 Å². The van der Waals surface area contributed by atoms with E-state index in [2.05, 4.69) is 27.8 Å². The molecule has 0 radical (unpaired) electrons. The van der Waals surface area contributed by atoms with E-state index in [0.29, 0.717) is 27.1 Å². The highest BCUT2D eigenvalue weighted by atomic mass is 79.9. The van der Waals surface area contributed by atoms with Gasteiger partial charge in [0.05, 0.1) is 12.0 Å². The zero-order valence-corrected chi connectivity index (χ0v) is 19.8. The minimum atomic E-state index is -0.609. The van der Waals surface area contributed by atoms with Gasteiger partial charge < -0.3 is 9.47 Å². The smallest absolute Gasteiger partial charge is 0.269 e. The number of nitro benzene ring substituents is 1. The van der Waals surface area contributed by atoms with E-state index < -0.39 is 16.7 Å². The van der Waals surface area contributed by atoms with Crippen LogP contribution in [0.5, 0.6) is 11.5 Å². The van der Waals surface area contributed by atoms with E-state index in [9.17, 15) is 19.7 Å². The standard InChI is InChI=1S/C22H18BrN3O6S/c1-3-7-25-21(28)16(20(27)24-22(25)33)9-14-10-18(31-2)19(11-17(14)23)32-12-13-5-4-6-15(8-13)26(29)30/h3-6,8-11H,1,7,12H2,2H3,(H,24,27,33)/b16-9+. The van der Waals surface area contributed by atoms with Crippen LogP contribution in [0.3, 0.4) is 0 Å². The number of rotatable bonds is 8. The van der Waals surface area contributed by atoms with E-state index in [-0.39, 0.29) is 29.5 Å². The molecule has 1 fully saturated rings. The Balaban J connectivity index is 1.88. The highest BCUT2D eigenvalue weighted by Gasteiger charge is 2.32. The summed E-state index contributed by atoms with van der Waals surface area (Å²) < 4.78 is 11.7. The minimum absolute atomic E-state index is 0.0172. The second-order valence-corrected chi connectivity index (χ2v) is 8.00. The van der Waals surface area contributed by atoms with Gasteiger partial charge in [0.1, 0.15) is 12.2 Å². The number of ether oxygens (including phenoxy) is 2. The molecule has 9 nitrogen and oxygen atoms in total. The quantitative estimate of drug-likeness (QED) is 0.138. The second kappa shape index (κ2) is 10.4. The number of carbonyl (C=O) groups excluding carboxylic acids is 2. The molecule has 1 heterocycles. The van der Waals surface area contributed by atoms with Crippen LogP contribution < -0.4 is 14.8 Å². The van der Waals surface area contributed by atoms with Crippen LogP contribution in [0.15, 0.2) is 59.1 Å². The zero-order valence-electron chi connectivity index (χ0n) is 17.4. The lowest BCUT2D eigenvalue weighted by molar-refractivity contribution is -0.384. The molecule has 1 aliphatic rings. The van der Waals surface area contributed by atoms with Gasteiger partial charge >= 0.3 is 0 Å². The highest BCUT2D eigenvalue weighted by molar-refractivity contribution is 9.10. The Hall–Kier alpha value is -3.57. The molecule has 2 aromatic carbocycles. The van der Waals surface area contributed by atoms with Crippen LogP contribution in [-0.2, 0) is 16.2 Å². The molecule has 1 N–H and O–H groups in total. The van der Waals surface area contributed by atoms with Crippen molar-refractivity contribution in [3.8, 4) is 11.5 Å². The molecule has 0 atom stereocenters. The number of carbonyl (C=O) groups is 2. The van der Waals surface area contributed by atoms with Gasteiger partial charge in [0.2, 0.25) is 0 Å². The number of methoxy groups -OCH3 is 1. The number of amides is 2. The Morgan fingerprint density at radius 3 is 2.70 bits per heavy atom. The number of thiocarbonyl (C=S) groups is 1. The van der Waals surface area contributed by atoms with E-state index >= 15 is 0 Å². The van der Waals surface area contributed by atoms with Crippen molar-refractivity contribution in [3.05, 3.63) is 80.3 Å². The number of nitrogens with zero attached hydrogens (tertiary/aromatic N) is 2. The van der Waals surface area contributed by atoms with Crippen LogP contribution in [0.25, 0.3) is 6.08 Å². The monoisotopic (exact) mass is 531 g/mol. The van der Waals surface area contributed by atoms with Crippen molar-refractivity contribution >= 4 is 56.8 Å². The molecule has 2 aromatic rings. The molecule has 170 valence electrons. The molecule has 2 amide bonds. The fourth-order valence-corrected chi connectivity index (χ4v) is 3.69. The third-order valence-corrected chi connectivity index (χ3v) is 5.61. The molecule has 0 aliphatic carbocycles. The first kappa shape index (κ1) is 24.1. The maximum atomic E-state index is 12.8. The maximum Gasteiger partial charge on any atom is 0.269 e. The number of hydrogen-bond donors (Lipinski definition) is 1. The van der Waals surface area contributed by atoms with Gasteiger partial charge in [-0.3, -0.25) is 29.9 Å². The average molecular weight is 532 g/mol. The number of nitro groups is 1. The summed E-state index contributed by atoms with van der Waals surface area (Å²) in [6.45, 7) is 3.82. The predicted octanol–water partition coefficient (Wildman–Crippen LogP) is 3.76. The second-order valence-electron chi connectivity index (χ2n) is 6.76. The van der Waals surface area contributed by atoms with Gasteiger partial charge in [0, 0.05) is 23.2 Å². The number of halogens is 1. The average Bonchev–Trinajstić information content (AvgIpc) is 2.79. The highest BCUT2D eigenvalue weighted by Crippen LogP contribution is 2.35. The summed E-state index contributed by atoms with van der Waals surface area (Å²) in [6, 6.07) is 9.33. The van der Waals surface area contributed by atoms with Gasteiger partial charge in [-0.1, -0.05) is 34.1 Å². The summed E-state index contributed by atoms with van der Waals surface area (Å²) in [7, 11) is 1.45. The third-order valence-electron chi connectivity index (χ3n) is 4.60. The first-order valence-electron chi connectivity index (χ1n) is 9.48. The first-order chi connectivity index (χ1) is 15.7. The van der Waals surface area contributed by atoms with Gasteiger partial charge in [-0.25, -0.2) is 0 Å². The van der Waals surface area contributed by atoms with Crippen LogP contribution in [0.1, 0.15) is 11.1 Å². The maximum absolute atomic E-state index is 12.8. The van der Waals surface area contributed by atoms with Crippen LogP contribution in [0.4, 0.5) is 5.69 Å². The molecule has 0 aromatic heterocycles. The molecule has 1 saturated heterocycles.